The first-order valence-corrected chi connectivity index (χ1v) is 6.52. The molecule has 0 fully saturated rings. The highest BCUT2D eigenvalue weighted by Gasteiger charge is 2.15. The van der Waals surface area contributed by atoms with Gasteiger partial charge >= 0.3 is 0 Å². The Balaban J connectivity index is 2.30. The van der Waals surface area contributed by atoms with Crippen molar-refractivity contribution in [3.8, 4) is 0 Å². The first kappa shape index (κ1) is 13.2. The Hall–Kier alpha value is -0.870. The standard InChI is InChI=1S/C12H19NO2S/c1-3-10(14)6-7-13-12(15)9(2)11-5-4-8-16-11/h4-5,8-10,14H,3,6-7H2,1-2H3,(H,13,15). The SMILES string of the molecule is CCC(O)CCNC(=O)C(C)c1cccs1. The van der Waals surface area contributed by atoms with Gasteiger partial charge in [-0.2, -0.15) is 0 Å². The first-order valence-electron chi connectivity index (χ1n) is 5.64. The molecule has 90 valence electrons. The average Bonchev–Trinajstić information content (AvgIpc) is 2.81. The van der Waals surface area contributed by atoms with Crippen molar-refractivity contribution >= 4 is 17.2 Å². The summed E-state index contributed by atoms with van der Waals surface area (Å²) in [6.07, 6.45) is 1.05. The lowest BCUT2D eigenvalue weighted by atomic mass is 10.1. The number of nitrogens with one attached hydrogen (secondary N) is 1. The summed E-state index contributed by atoms with van der Waals surface area (Å²) < 4.78 is 0. The van der Waals surface area contributed by atoms with Gasteiger partial charge in [-0.3, -0.25) is 4.79 Å². The van der Waals surface area contributed by atoms with Gasteiger partial charge in [-0.05, 0) is 31.2 Å². The van der Waals surface area contributed by atoms with E-state index in [1.54, 1.807) is 11.3 Å². The molecule has 2 N–H and O–H groups in total. The maximum absolute atomic E-state index is 11.7. The Kier molecular flexibility index (Phi) is 5.49. The second-order valence-electron chi connectivity index (χ2n) is 3.88. The minimum atomic E-state index is -0.308. The predicted octanol–water partition coefficient (Wildman–Crippen LogP) is 2.13. The van der Waals surface area contributed by atoms with Gasteiger partial charge in [0.05, 0.1) is 12.0 Å². The Morgan fingerprint density at radius 3 is 2.94 bits per heavy atom. The zero-order chi connectivity index (χ0) is 12.0. The largest absolute Gasteiger partial charge is 0.393 e. The van der Waals surface area contributed by atoms with E-state index >= 15 is 0 Å². The van der Waals surface area contributed by atoms with Gasteiger partial charge in [0.1, 0.15) is 0 Å². The van der Waals surface area contributed by atoms with Crippen molar-refractivity contribution in [3.05, 3.63) is 22.4 Å². The zero-order valence-corrected chi connectivity index (χ0v) is 10.6. The van der Waals surface area contributed by atoms with Crippen molar-refractivity contribution in [2.75, 3.05) is 6.54 Å². The predicted molar refractivity (Wildman–Crippen MR) is 66.7 cm³/mol. The molecule has 0 aliphatic heterocycles. The lowest BCUT2D eigenvalue weighted by Gasteiger charge is -2.12. The third-order valence-electron chi connectivity index (χ3n) is 2.61. The molecule has 0 aromatic carbocycles. The third-order valence-corrected chi connectivity index (χ3v) is 3.67. The Bertz CT molecular complexity index is 311. The van der Waals surface area contributed by atoms with Crippen LogP contribution in [0.1, 0.15) is 37.5 Å². The van der Waals surface area contributed by atoms with E-state index in [0.717, 1.165) is 11.3 Å². The Morgan fingerprint density at radius 2 is 2.38 bits per heavy atom. The zero-order valence-electron chi connectivity index (χ0n) is 9.77. The highest BCUT2D eigenvalue weighted by molar-refractivity contribution is 7.10. The summed E-state index contributed by atoms with van der Waals surface area (Å²) in [6.45, 7) is 4.38. The molecule has 0 bridgehead atoms. The van der Waals surface area contributed by atoms with Gasteiger partial charge in [-0.25, -0.2) is 0 Å². The molecule has 0 saturated carbocycles. The molecule has 1 aromatic rings. The van der Waals surface area contributed by atoms with Crippen LogP contribution >= 0.6 is 11.3 Å². The summed E-state index contributed by atoms with van der Waals surface area (Å²) in [5, 5.41) is 14.2. The van der Waals surface area contributed by atoms with Crippen molar-refractivity contribution in [2.45, 2.75) is 38.7 Å². The highest BCUT2D eigenvalue weighted by Crippen LogP contribution is 2.20. The lowest BCUT2D eigenvalue weighted by molar-refractivity contribution is -0.122. The summed E-state index contributed by atoms with van der Waals surface area (Å²) in [4.78, 5) is 12.8. The van der Waals surface area contributed by atoms with E-state index in [1.165, 1.54) is 0 Å². The second-order valence-corrected chi connectivity index (χ2v) is 4.86. The van der Waals surface area contributed by atoms with Crippen LogP contribution in [0.15, 0.2) is 17.5 Å². The summed E-state index contributed by atoms with van der Waals surface area (Å²) in [7, 11) is 0. The number of carbonyl (C=O) groups excluding carboxylic acids is 1. The van der Waals surface area contributed by atoms with Crippen molar-refractivity contribution in [3.63, 3.8) is 0 Å². The Labute approximate surface area is 100 Å². The molecule has 2 atom stereocenters. The minimum absolute atomic E-state index is 0.0331. The molecule has 0 aliphatic rings. The van der Waals surface area contributed by atoms with Crippen molar-refractivity contribution in [1.82, 2.24) is 5.32 Å². The van der Waals surface area contributed by atoms with E-state index in [9.17, 15) is 9.90 Å². The van der Waals surface area contributed by atoms with Gasteiger partial charge in [0.25, 0.3) is 0 Å². The van der Waals surface area contributed by atoms with Crippen molar-refractivity contribution < 1.29 is 9.90 Å². The molecule has 0 radical (unpaired) electrons. The van der Waals surface area contributed by atoms with Gasteiger partial charge < -0.3 is 10.4 Å². The van der Waals surface area contributed by atoms with E-state index in [0.29, 0.717) is 13.0 Å². The van der Waals surface area contributed by atoms with E-state index in [4.69, 9.17) is 0 Å². The molecular formula is C12H19NO2S. The number of hydrogen-bond acceptors (Lipinski definition) is 3. The smallest absolute Gasteiger partial charge is 0.228 e. The number of amides is 1. The fraction of sp³-hybridized carbons (Fsp3) is 0.583. The number of aliphatic hydroxyl groups excluding tert-OH is 1. The van der Waals surface area contributed by atoms with Crippen LogP contribution in [0, 0.1) is 0 Å². The summed E-state index contributed by atoms with van der Waals surface area (Å²) in [5.74, 6) is -0.0653. The molecule has 1 aromatic heterocycles. The van der Waals surface area contributed by atoms with Crippen molar-refractivity contribution in [1.29, 1.82) is 0 Å². The van der Waals surface area contributed by atoms with E-state index in [2.05, 4.69) is 5.32 Å². The highest BCUT2D eigenvalue weighted by atomic mass is 32.1. The van der Waals surface area contributed by atoms with Crippen LogP contribution in [0.25, 0.3) is 0 Å². The van der Waals surface area contributed by atoms with E-state index < -0.39 is 0 Å². The average molecular weight is 241 g/mol. The number of aliphatic hydroxyl groups is 1. The lowest BCUT2D eigenvalue weighted by Crippen LogP contribution is -2.30. The first-order chi connectivity index (χ1) is 7.65. The van der Waals surface area contributed by atoms with Gasteiger partial charge in [0.15, 0.2) is 0 Å². The number of rotatable bonds is 6. The fourth-order valence-corrected chi connectivity index (χ4v) is 2.17. The summed E-state index contributed by atoms with van der Waals surface area (Å²) in [5.41, 5.74) is 0. The van der Waals surface area contributed by atoms with Gasteiger partial charge in [-0.15, -0.1) is 11.3 Å². The fourth-order valence-electron chi connectivity index (χ4n) is 1.39. The van der Waals surface area contributed by atoms with Crippen LogP contribution in [-0.4, -0.2) is 23.7 Å². The quantitative estimate of drug-likeness (QED) is 0.801. The van der Waals surface area contributed by atoms with E-state index in [-0.39, 0.29) is 17.9 Å². The summed E-state index contributed by atoms with van der Waals surface area (Å²) in [6, 6.07) is 3.92. The topological polar surface area (TPSA) is 49.3 Å². The van der Waals surface area contributed by atoms with Crippen LogP contribution in [0.3, 0.4) is 0 Å². The maximum atomic E-state index is 11.7. The van der Waals surface area contributed by atoms with Gasteiger partial charge in [0, 0.05) is 11.4 Å². The van der Waals surface area contributed by atoms with Crippen LogP contribution in [-0.2, 0) is 4.79 Å². The molecule has 4 heteroatoms. The molecule has 0 aliphatic carbocycles. The minimum Gasteiger partial charge on any atom is -0.393 e. The van der Waals surface area contributed by atoms with Crippen LogP contribution < -0.4 is 5.32 Å². The third kappa shape index (κ3) is 3.94. The molecular weight excluding hydrogens is 222 g/mol. The normalized spacial score (nSPS) is 14.4. The monoisotopic (exact) mass is 241 g/mol. The van der Waals surface area contributed by atoms with Crippen LogP contribution in [0.2, 0.25) is 0 Å². The van der Waals surface area contributed by atoms with Crippen molar-refractivity contribution in [2.24, 2.45) is 0 Å². The molecule has 1 heterocycles. The van der Waals surface area contributed by atoms with Gasteiger partial charge in [-0.1, -0.05) is 13.0 Å². The van der Waals surface area contributed by atoms with Gasteiger partial charge in [0.2, 0.25) is 5.91 Å². The van der Waals surface area contributed by atoms with E-state index in [1.807, 2.05) is 31.4 Å². The molecule has 0 saturated heterocycles. The molecule has 2 unspecified atom stereocenters. The molecule has 3 nitrogen and oxygen atoms in total. The Morgan fingerprint density at radius 1 is 1.62 bits per heavy atom. The number of carbonyl (C=O) groups is 1. The number of hydrogen-bond donors (Lipinski definition) is 2. The summed E-state index contributed by atoms with van der Waals surface area (Å²) >= 11 is 1.59. The molecule has 0 spiro atoms. The van der Waals surface area contributed by atoms with Crippen LogP contribution in [0.4, 0.5) is 0 Å². The maximum Gasteiger partial charge on any atom is 0.228 e. The number of thiophene rings is 1. The molecule has 16 heavy (non-hydrogen) atoms. The molecule has 1 amide bonds. The second kappa shape index (κ2) is 6.66. The molecule has 1 rings (SSSR count). The van der Waals surface area contributed by atoms with Crippen LogP contribution in [0.5, 0.6) is 0 Å².